The van der Waals surface area contributed by atoms with E-state index in [2.05, 4.69) is 38.1 Å². The van der Waals surface area contributed by atoms with E-state index in [1.165, 1.54) is 11.1 Å². The lowest BCUT2D eigenvalue weighted by atomic mass is 9.98. The molecule has 0 bridgehead atoms. The number of nitrogens with one attached hydrogen (secondary N) is 1. The quantitative estimate of drug-likeness (QED) is 0.541. The van der Waals surface area contributed by atoms with Crippen molar-refractivity contribution >= 4 is 22.7 Å². The second kappa shape index (κ2) is 7.26. The Balaban J connectivity index is 1.52. The number of H-pyrrole nitrogens is 1. The summed E-state index contributed by atoms with van der Waals surface area (Å²) in [7, 11) is 3.32. The smallest absolute Gasteiger partial charge is 0.222 e. The average molecular weight is 401 g/mol. The maximum Gasteiger partial charge on any atom is 0.222 e. The van der Waals surface area contributed by atoms with Gasteiger partial charge in [-0.1, -0.05) is 12.1 Å². The first-order valence-electron chi connectivity index (χ1n) is 9.86. The number of anilines is 2. The van der Waals surface area contributed by atoms with Crippen LogP contribution in [0.3, 0.4) is 0 Å². The molecule has 0 atom stereocenters. The topological polar surface area (TPSA) is 89.3 Å². The molecule has 0 unspecified atom stereocenters. The first-order valence-corrected chi connectivity index (χ1v) is 9.86. The molecule has 3 N–H and O–H groups in total. The van der Waals surface area contributed by atoms with Gasteiger partial charge in [0, 0.05) is 41.8 Å². The van der Waals surface area contributed by atoms with E-state index in [0.29, 0.717) is 0 Å². The third kappa shape index (κ3) is 3.08. The van der Waals surface area contributed by atoms with Crippen LogP contribution in [0.1, 0.15) is 11.1 Å². The minimum atomic E-state index is 0.271. The Kier molecular flexibility index (Phi) is 4.43. The Hall–Kier alpha value is -3.74. The monoisotopic (exact) mass is 401 g/mol. The number of nitrogens with two attached hydrogens (primary N) is 1. The number of rotatable bonds is 4. The molecular weight excluding hydrogens is 378 g/mol. The van der Waals surface area contributed by atoms with Gasteiger partial charge < -0.3 is 25.1 Å². The minimum absolute atomic E-state index is 0.271. The molecule has 7 heteroatoms. The van der Waals surface area contributed by atoms with Crippen molar-refractivity contribution in [3.63, 3.8) is 0 Å². The van der Waals surface area contributed by atoms with Crippen molar-refractivity contribution in [1.82, 2.24) is 15.0 Å². The fourth-order valence-electron chi connectivity index (χ4n) is 4.14. The molecule has 2 aromatic carbocycles. The van der Waals surface area contributed by atoms with E-state index >= 15 is 0 Å². The van der Waals surface area contributed by atoms with E-state index in [1.807, 2.05) is 30.5 Å². The second-order valence-electron chi connectivity index (χ2n) is 7.36. The Bertz CT molecular complexity index is 1230. The van der Waals surface area contributed by atoms with Gasteiger partial charge in [0.1, 0.15) is 5.82 Å². The number of aromatic nitrogens is 3. The van der Waals surface area contributed by atoms with Gasteiger partial charge in [0.05, 0.1) is 19.9 Å². The van der Waals surface area contributed by atoms with E-state index in [1.54, 1.807) is 14.2 Å². The number of hydrogen-bond donors (Lipinski definition) is 2. The molecule has 0 amide bonds. The Morgan fingerprint density at radius 1 is 1.00 bits per heavy atom. The SMILES string of the molecule is COc1cc2c(cc1OC)CN(c1cc(-c3cccc4[nH]ccc34)nc(N)n1)CC2. The first kappa shape index (κ1) is 18.3. The summed E-state index contributed by atoms with van der Waals surface area (Å²) in [5.74, 6) is 2.59. The molecule has 0 saturated carbocycles. The van der Waals surface area contributed by atoms with E-state index in [-0.39, 0.29) is 5.95 Å². The molecular formula is C23H23N5O2. The fourth-order valence-corrected chi connectivity index (χ4v) is 4.14. The number of nitrogen functional groups attached to an aromatic ring is 1. The lowest BCUT2D eigenvalue weighted by Gasteiger charge is -2.30. The molecule has 152 valence electrons. The van der Waals surface area contributed by atoms with Crippen LogP contribution in [0.25, 0.3) is 22.2 Å². The molecule has 0 saturated heterocycles. The standard InChI is InChI=1S/C23H23N5O2/c1-29-20-10-14-7-9-28(13-15(14)11-21(20)30-2)22-12-19(26-23(24)27-22)16-4-3-5-18-17(16)6-8-25-18/h3-6,8,10-12,25H,7,9,13H2,1-2H3,(H2,24,26,27). The van der Waals surface area contributed by atoms with Crippen LogP contribution < -0.4 is 20.1 Å². The third-order valence-corrected chi connectivity index (χ3v) is 5.64. The maximum atomic E-state index is 6.11. The highest BCUT2D eigenvalue weighted by molar-refractivity contribution is 5.94. The molecule has 5 rings (SSSR count). The van der Waals surface area contributed by atoms with Gasteiger partial charge in [0.2, 0.25) is 5.95 Å². The van der Waals surface area contributed by atoms with Gasteiger partial charge in [-0.2, -0.15) is 4.98 Å². The number of nitrogens with zero attached hydrogens (tertiary/aromatic N) is 3. The zero-order chi connectivity index (χ0) is 20.7. The molecule has 1 aliphatic heterocycles. The van der Waals surface area contributed by atoms with Gasteiger partial charge in [-0.15, -0.1) is 0 Å². The fraction of sp³-hybridized carbons (Fsp3) is 0.217. The van der Waals surface area contributed by atoms with Gasteiger partial charge in [-0.25, -0.2) is 4.98 Å². The van der Waals surface area contributed by atoms with Gasteiger partial charge >= 0.3 is 0 Å². The van der Waals surface area contributed by atoms with Crippen LogP contribution in [-0.4, -0.2) is 35.7 Å². The van der Waals surface area contributed by atoms with Crippen molar-refractivity contribution in [2.24, 2.45) is 0 Å². The summed E-state index contributed by atoms with van der Waals surface area (Å²) < 4.78 is 10.9. The van der Waals surface area contributed by atoms with Crippen molar-refractivity contribution in [1.29, 1.82) is 0 Å². The summed E-state index contributed by atoms with van der Waals surface area (Å²) in [4.78, 5) is 14.5. The molecule has 30 heavy (non-hydrogen) atoms. The van der Waals surface area contributed by atoms with E-state index in [0.717, 1.165) is 59.0 Å². The highest BCUT2D eigenvalue weighted by Gasteiger charge is 2.22. The number of benzene rings is 2. The van der Waals surface area contributed by atoms with Crippen molar-refractivity contribution in [3.05, 3.63) is 59.8 Å². The van der Waals surface area contributed by atoms with Gasteiger partial charge in [0.15, 0.2) is 11.5 Å². The molecule has 0 fully saturated rings. The number of hydrogen-bond acceptors (Lipinski definition) is 6. The Labute approximate surface area is 174 Å². The van der Waals surface area contributed by atoms with Crippen LogP contribution in [-0.2, 0) is 13.0 Å². The van der Waals surface area contributed by atoms with Crippen molar-refractivity contribution < 1.29 is 9.47 Å². The average Bonchev–Trinajstić information content (AvgIpc) is 3.26. The summed E-state index contributed by atoms with van der Waals surface area (Å²) in [5, 5.41) is 1.11. The summed E-state index contributed by atoms with van der Waals surface area (Å²) in [6, 6.07) is 14.3. The van der Waals surface area contributed by atoms with Gasteiger partial charge in [0.25, 0.3) is 0 Å². The van der Waals surface area contributed by atoms with E-state index in [4.69, 9.17) is 15.2 Å². The predicted octanol–water partition coefficient (Wildman–Crippen LogP) is 3.79. The summed E-state index contributed by atoms with van der Waals surface area (Å²) >= 11 is 0. The highest BCUT2D eigenvalue weighted by atomic mass is 16.5. The Morgan fingerprint density at radius 3 is 2.60 bits per heavy atom. The number of fused-ring (bicyclic) bond motifs is 2. The van der Waals surface area contributed by atoms with Crippen molar-refractivity contribution in [2.45, 2.75) is 13.0 Å². The molecule has 0 radical (unpaired) electrons. The highest BCUT2D eigenvalue weighted by Crippen LogP contribution is 2.35. The lowest BCUT2D eigenvalue weighted by molar-refractivity contribution is 0.353. The number of ether oxygens (including phenoxy) is 2. The third-order valence-electron chi connectivity index (χ3n) is 5.64. The summed E-state index contributed by atoms with van der Waals surface area (Å²) in [5.41, 5.74) is 11.5. The largest absolute Gasteiger partial charge is 0.493 e. The predicted molar refractivity (Wildman–Crippen MR) is 118 cm³/mol. The zero-order valence-electron chi connectivity index (χ0n) is 17.0. The second-order valence-corrected chi connectivity index (χ2v) is 7.36. The first-order chi connectivity index (χ1) is 14.7. The van der Waals surface area contributed by atoms with Gasteiger partial charge in [-0.3, -0.25) is 0 Å². The van der Waals surface area contributed by atoms with E-state index in [9.17, 15) is 0 Å². The zero-order valence-corrected chi connectivity index (χ0v) is 17.0. The van der Waals surface area contributed by atoms with Crippen LogP contribution in [0, 0.1) is 0 Å². The van der Waals surface area contributed by atoms with Crippen molar-refractivity contribution in [2.75, 3.05) is 31.4 Å². The van der Waals surface area contributed by atoms with E-state index < -0.39 is 0 Å². The van der Waals surface area contributed by atoms with Crippen LogP contribution >= 0.6 is 0 Å². The molecule has 0 aliphatic carbocycles. The van der Waals surface area contributed by atoms with Crippen molar-refractivity contribution in [3.8, 4) is 22.8 Å². The number of methoxy groups -OCH3 is 2. The summed E-state index contributed by atoms with van der Waals surface area (Å²) in [6.45, 7) is 1.56. The van der Waals surface area contributed by atoms with Crippen LogP contribution in [0.4, 0.5) is 11.8 Å². The molecule has 0 spiro atoms. The molecule has 4 aromatic rings. The number of aromatic amines is 1. The molecule has 3 heterocycles. The lowest BCUT2D eigenvalue weighted by Crippen LogP contribution is -2.31. The minimum Gasteiger partial charge on any atom is -0.493 e. The molecule has 1 aliphatic rings. The molecule has 2 aromatic heterocycles. The van der Waals surface area contributed by atoms with Gasteiger partial charge in [-0.05, 0) is 41.8 Å². The summed E-state index contributed by atoms with van der Waals surface area (Å²) in [6.07, 6.45) is 2.82. The molecule has 7 nitrogen and oxygen atoms in total. The van der Waals surface area contributed by atoms with Crippen LogP contribution in [0.5, 0.6) is 11.5 Å². The maximum absolute atomic E-state index is 6.11. The normalized spacial score (nSPS) is 13.3. The van der Waals surface area contributed by atoms with Crippen LogP contribution in [0.15, 0.2) is 48.7 Å². The Morgan fingerprint density at radius 2 is 1.80 bits per heavy atom. The van der Waals surface area contributed by atoms with Crippen LogP contribution in [0.2, 0.25) is 0 Å².